The minimum atomic E-state index is 0. The molecule has 3 rings (SSSR count). The Bertz CT molecular complexity index is 785. The molecule has 160 valence electrons. The van der Waals surface area contributed by atoms with E-state index in [2.05, 4.69) is 75.6 Å². The zero-order valence-corrected chi connectivity index (χ0v) is 21.0. The van der Waals surface area contributed by atoms with Crippen LogP contribution in [-0.2, 0) is 13.0 Å². The Morgan fingerprint density at radius 1 is 1.24 bits per heavy atom. The number of anilines is 1. The molecule has 0 aliphatic carbocycles. The molecule has 6 nitrogen and oxygen atoms in total. The third-order valence-electron chi connectivity index (χ3n) is 5.01. The number of likely N-dealkylation sites (N-methyl/N-ethyl adjacent to an activating group) is 1. The van der Waals surface area contributed by atoms with Gasteiger partial charge in [0, 0.05) is 68.2 Å². The number of piperazine rings is 1. The molecule has 8 heteroatoms. The number of aryl methyl sites for hydroxylation is 1. The number of hydrogen-bond donors (Lipinski definition) is 2. The van der Waals surface area contributed by atoms with Crippen LogP contribution in [0.2, 0.25) is 0 Å². The van der Waals surface area contributed by atoms with Crippen LogP contribution in [0.3, 0.4) is 0 Å². The van der Waals surface area contributed by atoms with Gasteiger partial charge in [-0.1, -0.05) is 0 Å². The van der Waals surface area contributed by atoms with Crippen molar-refractivity contribution in [1.29, 1.82) is 0 Å². The third kappa shape index (κ3) is 7.42. The minimum Gasteiger partial charge on any atom is -0.354 e. The summed E-state index contributed by atoms with van der Waals surface area (Å²) in [5.74, 6) is 1.90. The summed E-state index contributed by atoms with van der Waals surface area (Å²) in [7, 11) is 3.99. The maximum absolute atomic E-state index is 4.57. The van der Waals surface area contributed by atoms with Gasteiger partial charge in [0.05, 0.1) is 0 Å². The smallest absolute Gasteiger partial charge is 0.191 e. The molecule has 0 radical (unpaired) electrons. The van der Waals surface area contributed by atoms with E-state index in [1.165, 1.54) is 15.3 Å². The van der Waals surface area contributed by atoms with Crippen LogP contribution in [0.25, 0.3) is 0 Å². The first-order chi connectivity index (χ1) is 13.5. The van der Waals surface area contributed by atoms with Crippen molar-refractivity contribution in [3.05, 3.63) is 45.8 Å². The number of nitrogens with zero attached hydrogens (tertiary/aromatic N) is 4. The molecule has 0 aromatic carbocycles. The summed E-state index contributed by atoms with van der Waals surface area (Å²) >= 11 is 1.86. The van der Waals surface area contributed by atoms with Crippen LogP contribution >= 0.6 is 35.3 Å². The lowest BCUT2D eigenvalue weighted by molar-refractivity contribution is 0.312. The number of pyridine rings is 1. The van der Waals surface area contributed by atoms with Gasteiger partial charge in [0.1, 0.15) is 5.82 Å². The Labute approximate surface area is 195 Å². The van der Waals surface area contributed by atoms with Crippen LogP contribution in [0.15, 0.2) is 35.5 Å². The lowest BCUT2D eigenvalue weighted by Crippen LogP contribution is -2.45. The normalized spacial score (nSPS) is 16.3. The summed E-state index contributed by atoms with van der Waals surface area (Å²) in [4.78, 5) is 16.4. The maximum atomic E-state index is 4.57. The maximum Gasteiger partial charge on any atom is 0.191 e. The predicted molar refractivity (Wildman–Crippen MR) is 135 cm³/mol. The first kappa shape index (κ1) is 23.9. The zero-order valence-electron chi connectivity index (χ0n) is 17.8. The van der Waals surface area contributed by atoms with Gasteiger partial charge in [-0.2, -0.15) is 0 Å². The second-order valence-electron chi connectivity index (χ2n) is 7.50. The minimum absolute atomic E-state index is 0. The van der Waals surface area contributed by atoms with Gasteiger partial charge in [0.2, 0.25) is 0 Å². The Kier molecular flexibility index (Phi) is 9.64. The van der Waals surface area contributed by atoms with E-state index in [1.807, 2.05) is 24.6 Å². The highest BCUT2D eigenvalue weighted by molar-refractivity contribution is 14.0. The average molecular weight is 529 g/mol. The molecular formula is C21H33IN6S. The van der Waals surface area contributed by atoms with E-state index in [0.29, 0.717) is 6.04 Å². The van der Waals surface area contributed by atoms with Crippen LogP contribution in [-0.4, -0.2) is 62.2 Å². The second-order valence-corrected chi connectivity index (χ2v) is 8.87. The quantitative estimate of drug-likeness (QED) is 0.343. The van der Waals surface area contributed by atoms with E-state index in [9.17, 15) is 0 Å². The van der Waals surface area contributed by atoms with Gasteiger partial charge < -0.3 is 20.4 Å². The van der Waals surface area contributed by atoms with Gasteiger partial charge in [0.25, 0.3) is 0 Å². The fraction of sp³-hybridized carbons (Fsp3) is 0.524. The monoisotopic (exact) mass is 528 g/mol. The molecule has 3 heterocycles. The number of halogens is 1. The number of aromatic nitrogens is 1. The predicted octanol–water partition coefficient (Wildman–Crippen LogP) is 3.12. The van der Waals surface area contributed by atoms with Gasteiger partial charge in [-0.15, -0.1) is 35.3 Å². The molecule has 0 spiro atoms. The van der Waals surface area contributed by atoms with Gasteiger partial charge in [0.15, 0.2) is 5.96 Å². The van der Waals surface area contributed by atoms with Crippen molar-refractivity contribution in [3.8, 4) is 0 Å². The molecular weight excluding hydrogens is 495 g/mol. The number of rotatable bonds is 6. The van der Waals surface area contributed by atoms with Crippen molar-refractivity contribution in [3.63, 3.8) is 0 Å². The van der Waals surface area contributed by atoms with E-state index >= 15 is 0 Å². The molecule has 0 amide bonds. The molecule has 1 atom stereocenters. The molecule has 1 aliphatic rings. The van der Waals surface area contributed by atoms with E-state index in [0.717, 1.165) is 50.9 Å². The van der Waals surface area contributed by atoms with E-state index in [4.69, 9.17) is 0 Å². The third-order valence-corrected chi connectivity index (χ3v) is 6.03. The molecule has 1 saturated heterocycles. The Balaban J connectivity index is 0.00000300. The van der Waals surface area contributed by atoms with Crippen LogP contribution in [0.5, 0.6) is 0 Å². The highest BCUT2D eigenvalue weighted by atomic mass is 127. The van der Waals surface area contributed by atoms with Crippen LogP contribution < -0.4 is 15.5 Å². The first-order valence-corrected chi connectivity index (χ1v) is 10.8. The lowest BCUT2D eigenvalue weighted by Gasteiger charge is -2.33. The lowest BCUT2D eigenvalue weighted by atomic mass is 10.2. The van der Waals surface area contributed by atoms with Crippen molar-refractivity contribution in [2.75, 3.05) is 45.2 Å². The van der Waals surface area contributed by atoms with Gasteiger partial charge >= 0.3 is 0 Å². The molecule has 1 aliphatic heterocycles. The largest absolute Gasteiger partial charge is 0.354 e. The van der Waals surface area contributed by atoms with Crippen molar-refractivity contribution in [2.45, 2.75) is 32.9 Å². The number of hydrogen-bond acceptors (Lipinski definition) is 5. The van der Waals surface area contributed by atoms with Crippen molar-refractivity contribution < 1.29 is 0 Å². The topological polar surface area (TPSA) is 55.8 Å². The summed E-state index contributed by atoms with van der Waals surface area (Å²) in [6, 6.07) is 8.97. The second kappa shape index (κ2) is 11.7. The molecule has 29 heavy (non-hydrogen) atoms. The summed E-state index contributed by atoms with van der Waals surface area (Å²) < 4.78 is 0. The fourth-order valence-corrected chi connectivity index (χ4v) is 4.36. The van der Waals surface area contributed by atoms with Crippen LogP contribution in [0.4, 0.5) is 5.82 Å². The van der Waals surface area contributed by atoms with Crippen LogP contribution in [0, 0.1) is 6.92 Å². The van der Waals surface area contributed by atoms with Crippen molar-refractivity contribution in [2.24, 2.45) is 4.99 Å². The molecule has 0 bridgehead atoms. The standard InChI is InChI=1S/C21H32N6S.HI/c1-16(13-19-6-5-17(2)28-19)25-21(22-3)24-15-18-7-8-23-20(14-18)27-11-9-26(4)10-12-27;/h5-8,14,16H,9-13,15H2,1-4H3,(H2,22,24,25);1H. The van der Waals surface area contributed by atoms with E-state index < -0.39 is 0 Å². The molecule has 1 fully saturated rings. The Hall–Kier alpha value is -1.39. The molecule has 2 aromatic heterocycles. The molecule has 1 unspecified atom stereocenters. The number of guanidine groups is 1. The molecule has 2 N–H and O–H groups in total. The fourth-order valence-electron chi connectivity index (χ4n) is 3.34. The SMILES string of the molecule is CN=C(NCc1ccnc(N2CCN(C)CC2)c1)NC(C)Cc1ccc(C)s1.I. The Morgan fingerprint density at radius 2 is 2.00 bits per heavy atom. The van der Waals surface area contributed by atoms with E-state index in [-0.39, 0.29) is 24.0 Å². The van der Waals surface area contributed by atoms with Gasteiger partial charge in [-0.25, -0.2) is 4.98 Å². The molecule has 2 aromatic rings. The number of aliphatic imine (C=N–C) groups is 1. The average Bonchev–Trinajstić information content (AvgIpc) is 3.10. The summed E-state index contributed by atoms with van der Waals surface area (Å²) in [6.45, 7) is 9.31. The van der Waals surface area contributed by atoms with Gasteiger partial charge in [-0.3, -0.25) is 4.99 Å². The van der Waals surface area contributed by atoms with E-state index in [1.54, 1.807) is 0 Å². The summed E-state index contributed by atoms with van der Waals surface area (Å²) in [6.07, 6.45) is 2.91. The number of thiophene rings is 1. The Morgan fingerprint density at radius 3 is 2.66 bits per heavy atom. The highest BCUT2D eigenvalue weighted by Gasteiger charge is 2.15. The summed E-state index contributed by atoms with van der Waals surface area (Å²) in [5.41, 5.74) is 1.22. The zero-order chi connectivity index (χ0) is 19.9. The first-order valence-electron chi connectivity index (χ1n) is 9.94. The van der Waals surface area contributed by atoms with Crippen molar-refractivity contribution in [1.82, 2.24) is 20.5 Å². The summed E-state index contributed by atoms with van der Waals surface area (Å²) in [5, 5.41) is 6.92. The van der Waals surface area contributed by atoms with Crippen LogP contribution in [0.1, 0.15) is 22.2 Å². The molecule has 0 saturated carbocycles. The van der Waals surface area contributed by atoms with Crippen molar-refractivity contribution >= 4 is 47.1 Å². The van der Waals surface area contributed by atoms with Gasteiger partial charge in [-0.05, 0) is 50.7 Å². The highest BCUT2D eigenvalue weighted by Crippen LogP contribution is 2.17. The number of nitrogens with one attached hydrogen (secondary N) is 2.